The number of hydrogen-bond acceptors (Lipinski definition) is 6. The van der Waals surface area contributed by atoms with Crippen LogP contribution in [0, 0.1) is 0 Å². The van der Waals surface area contributed by atoms with E-state index in [4.69, 9.17) is 59.4 Å². The Kier molecular flexibility index (Phi) is 278. The van der Waals surface area contributed by atoms with Gasteiger partial charge in [-0.3, -0.25) is 28.8 Å². The van der Waals surface area contributed by atoms with E-state index in [1.54, 1.807) is 0 Å². The van der Waals surface area contributed by atoms with E-state index in [0.717, 1.165) is 41.5 Å². The van der Waals surface area contributed by atoms with E-state index in [1.165, 1.54) is 0 Å². The molecule has 0 atom stereocenters. The molecule has 0 heterocycles. The zero-order valence-corrected chi connectivity index (χ0v) is 20.5. The molecule has 0 radical (unpaired) electrons. The maximum Gasteiger partial charge on any atom is 0.300 e. The van der Waals surface area contributed by atoms with Gasteiger partial charge in [-0.1, -0.05) is 0 Å². The van der Waals surface area contributed by atoms with Gasteiger partial charge in [-0.2, -0.15) is 0 Å². The summed E-state index contributed by atoms with van der Waals surface area (Å²) < 4.78 is 0. The summed E-state index contributed by atoms with van der Waals surface area (Å²) >= 11 is 0. The third kappa shape index (κ3) is 3540. The standard InChI is InChI=1S/6C2H4O2.2Cr.6H2O/c6*1-2(3)4;;;;;;;;/h6*1H3,(H,3,4);;;6*1H2. The van der Waals surface area contributed by atoms with Crippen molar-refractivity contribution < 1.29 is 127 Å². The number of hydrogen-bond donors (Lipinski definition) is 6. The molecule has 0 amide bonds. The van der Waals surface area contributed by atoms with Crippen molar-refractivity contribution in [1.82, 2.24) is 0 Å². The summed E-state index contributed by atoms with van der Waals surface area (Å²) in [5.41, 5.74) is 0. The van der Waals surface area contributed by atoms with Crippen LogP contribution in [0.1, 0.15) is 41.5 Å². The molecule has 0 aromatic heterocycles. The van der Waals surface area contributed by atoms with Gasteiger partial charge >= 0.3 is 0 Å². The van der Waals surface area contributed by atoms with Crippen LogP contribution in [0.5, 0.6) is 0 Å². The Morgan fingerprint density at radius 1 is 0.312 bits per heavy atom. The zero-order chi connectivity index (χ0) is 21.5. The summed E-state index contributed by atoms with van der Waals surface area (Å²) in [6.07, 6.45) is 0. The largest absolute Gasteiger partial charge is 0.481 e. The van der Waals surface area contributed by atoms with Gasteiger partial charge in [0.2, 0.25) is 0 Å². The number of aliphatic carboxylic acids is 6. The fourth-order valence-electron chi connectivity index (χ4n) is 0. The molecule has 0 aliphatic rings. The van der Waals surface area contributed by atoms with E-state index >= 15 is 0 Å². The van der Waals surface area contributed by atoms with Gasteiger partial charge in [0.05, 0.1) is 0 Å². The molecule has 0 aromatic carbocycles. The van der Waals surface area contributed by atoms with Gasteiger partial charge in [0, 0.05) is 76.3 Å². The molecule has 204 valence electrons. The van der Waals surface area contributed by atoms with E-state index in [1.807, 2.05) is 0 Å². The molecule has 32 heavy (non-hydrogen) atoms. The quantitative estimate of drug-likeness (QED) is 0.160. The fraction of sp³-hybridized carbons (Fsp3) is 0.500. The van der Waals surface area contributed by atoms with Gasteiger partial charge in [-0.25, -0.2) is 0 Å². The molecule has 0 rings (SSSR count). The molecule has 0 aromatic rings. The number of rotatable bonds is 0. The Labute approximate surface area is 204 Å². The molecule has 0 aliphatic heterocycles. The van der Waals surface area contributed by atoms with Crippen molar-refractivity contribution in [3.63, 3.8) is 0 Å². The Morgan fingerprint density at radius 3 is 0.312 bits per heavy atom. The minimum Gasteiger partial charge on any atom is -0.481 e. The Bertz CT molecular complexity index is 271. The van der Waals surface area contributed by atoms with Crippen LogP contribution in [-0.2, 0) is 63.5 Å². The SMILES string of the molecule is CC(=O)O.CC(=O)O.CC(=O)O.CC(=O)O.CC(=O)O.CC(=O)O.O.O.O.O.O.O.[Cr].[Cr]. The third-order valence-electron chi connectivity index (χ3n) is 0. The van der Waals surface area contributed by atoms with Gasteiger partial charge in [-0.05, 0) is 0 Å². The minimum atomic E-state index is -0.833. The van der Waals surface area contributed by atoms with Crippen molar-refractivity contribution in [2.45, 2.75) is 41.5 Å². The minimum absolute atomic E-state index is 0. The second-order valence-corrected chi connectivity index (χ2v) is 3.11. The first-order valence-electron chi connectivity index (χ1n) is 5.57. The average Bonchev–Trinajstić information content (AvgIpc) is 2.08. The molecule has 0 saturated heterocycles. The Morgan fingerprint density at radius 2 is 0.312 bits per heavy atom. The van der Waals surface area contributed by atoms with Crippen molar-refractivity contribution >= 4 is 35.8 Å². The fourth-order valence-corrected chi connectivity index (χ4v) is 0. The van der Waals surface area contributed by atoms with E-state index < -0.39 is 35.8 Å². The Balaban J connectivity index is -0.00000000964. The Hall–Kier alpha value is -2.36. The molecule has 18 N–H and O–H groups in total. The molecule has 0 spiro atoms. The van der Waals surface area contributed by atoms with Crippen molar-refractivity contribution in [2.75, 3.05) is 0 Å². The first-order valence-corrected chi connectivity index (χ1v) is 5.57. The van der Waals surface area contributed by atoms with E-state index in [2.05, 4.69) is 0 Å². The predicted octanol–water partition coefficient (Wildman–Crippen LogP) is -4.41. The van der Waals surface area contributed by atoms with Gasteiger partial charge < -0.3 is 63.5 Å². The topological polar surface area (TPSA) is 413 Å². The normalized spacial score (nSPS) is 4.69. The summed E-state index contributed by atoms with van der Waals surface area (Å²) in [6, 6.07) is 0. The van der Waals surface area contributed by atoms with E-state index in [-0.39, 0.29) is 67.6 Å². The number of carboxylic acid groups (broad SMARTS) is 6. The molecule has 0 aliphatic carbocycles. The van der Waals surface area contributed by atoms with Crippen molar-refractivity contribution in [3.8, 4) is 0 Å². The van der Waals surface area contributed by atoms with E-state index in [9.17, 15) is 0 Å². The summed E-state index contributed by atoms with van der Waals surface area (Å²) in [4.78, 5) is 54.0. The monoisotopic (exact) mass is 572 g/mol. The third-order valence-corrected chi connectivity index (χ3v) is 0. The second-order valence-electron chi connectivity index (χ2n) is 3.11. The van der Waals surface area contributed by atoms with Crippen molar-refractivity contribution in [2.24, 2.45) is 0 Å². The van der Waals surface area contributed by atoms with E-state index in [0.29, 0.717) is 0 Å². The average molecular weight is 572 g/mol. The molecule has 18 nitrogen and oxygen atoms in total. The van der Waals surface area contributed by atoms with Crippen LogP contribution in [0.3, 0.4) is 0 Å². The van der Waals surface area contributed by atoms with Crippen LogP contribution < -0.4 is 0 Å². The van der Waals surface area contributed by atoms with Gasteiger partial charge in [0.25, 0.3) is 35.8 Å². The zero-order valence-electron chi connectivity index (χ0n) is 17.9. The molecule has 0 bridgehead atoms. The maximum absolute atomic E-state index is 9.00. The molecule has 0 unspecified atom stereocenters. The summed E-state index contributed by atoms with van der Waals surface area (Å²) in [6.45, 7) is 6.50. The molecule has 0 fully saturated rings. The van der Waals surface area contributed by atoms with Gasteiger partial charge in [-0.15, -0.1) is 0 Å². The van der Waals surface area contributed by atoms with Crippen LogP contribution >= 0.6 is 0 Å². The first-order chi connectivity index (χ1) is 10.4. The van der Waals surface area contributed by atoms with Crippen LogP contribution in [0.4, 0.5) is 0 Å². The van der Waals surface area contributed by atoms with Crippen LogP contribution in [0.15, 0.2) is 0 Å². The second kappa shape index (κ2) is 89.4. The predicted molar refractivity (Wildman–Crippen MR) is 102 cm³/mol. The van der Waals surface area contributed by atoms with Crippen LogP contribution in [0.2, 0.25) is 0 Å². The molecule has 0 saturated carbocycles. The molecular weight excluding hydrogens is 536 g/mol. The summed E-state index contributed by atoms with van der Waals surface area (Å²) in [5, 5.41) is 44.5. The summed E-state index contributed by atoms with van der Waals surface area (Å²) in [5.74, 6) is -5.00. The van der Waals surface area contributed by atoms with Crippen molar-refractivity contribution in [3.05, 3.63) is 0 Å². The summed E-state index contributed by atoms with van der Waals surface area (Å²) in [7, 11) is 0. The number of carboxylic acids is 6. The maximum atomic E-state index is 9.00. The molecule has 20 heteroatoms. The molecular formula is C12H36Cr2O18. The van der Waals surface area contributed by atoms with Gasteiger partial charge in [0.15, 0.2) is 0 Å². The van der Waals surface area contributed by atoms with Gasteiger partial charge in [0.1, 0.15) is 0 Å². The first kappa shape index (κ1) is 99.4. The van der Waals surface area contributed by atoms with Crippen LogP contribution in [0.25, 0.3) is 0 Å². The van der Waals surface area contributed by atoms with Crippen LogP contribution in [-0.4, -0.2) is 99.3 Å². The smallest absolute Gasteiger partial charge is 0.300 e. The number of carbonyl (C=O) groups is 6. The van der Waals surface area contributed by atoms with Crippen molar-refractivity contribution in [1.29, 1.82) is 0 Å².